The molecule has 0 aromatic carbocycles. The second-order valence-corrected chi connectivity index (χ2v) is 4.74. The van der Waals surface area contributed by atoms with Crippen molar-refractivity contribution < 1.29 is 24.0 Å². The lowest BCUT2D eigenvalue weighted by Crippen LogP contribution is -2.44. The molecule has 0 N–H and O–H groups in total. The molecule has 0 spiro atoms. The summed E-state index contributed by atoms with van der Waals surface area (Å²) in [5.41, 5.74) is 0. The van der Waals surface area contributed by atoms with Crippen molar-refractivity contribution in [2.75, 3.05) is 19.3 Å². The van der Waals surface area contributed by atoms with Crippen molar-refractivity contribution in [3.63, 3.8) is 0 Å². The summed E-state index contributed by atoms with van der Waals surface area (Å²) < 4.78 is 0. The summed E-state index contributed by atoms with van der Waals surface area (Å²) >= 11 is 1.08. The minimum atomic E-state index is -0.992. The maximum Gasteiger partial charge on any atom is 0.442 e. The molecule has 1 saturated heterocycles. The molecule has 0 saturated carbocycles. The Balaban J connectivity index is 2.72. The van der Waals surface area contributed by atoms with Gasteiger partial charge in [0, 0.05) is 33.2 Å². The first-order chi connectivity index (χ1) is 8.84. The van der Waals surface area contributed by atoms with Crippen molar-refractivity contribution in [1.82, 2.24) is 9.80 Å². The van der Waals surface area contributed by atoms with E-state index in [1.54, 1.807) is 0 Å². The zero-order valence-corrected chi connectivity index (χ0v) is 11.5. The summed E-state index contributed by atoms with van der Waals surface area (Å²) in [6.45, 7) is 2.74. The second kappa shape index (κ2) is 6.32. The molecule has 0 aromatic rings. The van der Waals surface area contributed by atoms with Gasteiger partial charge in [0.2, 0.25) is 16.9 Å². The Bertz CT molecular complexity index is 462. The number of hydrogen-bond acceptors (Lipinski definition) is 7. The summed E-state index contributed by atoms with van der Waals surface area (Å²) in [6, 6.07) is 0. The minimum Gasteiger partial charge on any atom is -0.296 e. The van der Waals surface area contributed by atoms with Crippen LogP contribution in [0.4, 0.5) is 4.79 Å². The third kappa shape index (κ3) is 3.78. The van der Waals surface area contributed by atoms with E-state index in [1.165, 1.54) is 20.9 Å². The highest BCUT2D eigenvalue weighted by Crippen LogP contribution is 2.15. The van der Waals surface area contributed by atoms with Crippen molar-refractivity contribution in [3.8, 4) is 0 Å². The third-order valence-electron chi connectivity index (χ3n) is 2.31. The number of thioether (sulfide) groups is 1. The molecular weight excluding hydrogens is 274 g/mol. The maximum atomic E-state index is 11.8. The number of amides is 4. The highest BCUT2D eigenvalue weighted by molar-refractivity contribution is 8.15. The molecule has 1 heterocycles. The Morgan fingerprint density at radius 1 is 1.37 bits per heavy atom. The number of oxime groups is 1. The molecule has 0 atom stereocenters. The van der Waals surface area contributed by atoms with Gasteiger partial charge in [-0.3, -0.25) is 24.1 Å². The highest BCUT2D eigenvalue weighted by Gasteiger charge is 2.29. The van der Waals surface area contributed by atoms with Crippen LogP contribution in [0.3, 0.4) is 0 Å². The van der Waals surface area contributed by atoms with E-state index in [0.29, 0.717) is 17.2 Å². The number of rotatable bonds is 1. The van der Waals surface area contributed by atoms with E-state index >= 15 is 0 Å². The fourth-order valence-electron chi connectivity index (χ4n) is 1.15. The summed E-state index contributed by atoms with van der Waals surface area (Å²) in [5.74, 6) is -1.05. The van der Waals surface area contributed by atoms with E-state index in [9.17, 15) is 19.2 Å². The van der Waals surface area contributed by atoms with Crippen molar-refractivity contribution in [1.29, 1.82) is 0 Å². The fraction of sp³-hybridized carbons (Fsp3) is 0.500. The Morgan fingerprint density at radius 3 is 2.53 bits per heavy atom. The minimum absolute atomic E-state index is 0.0910. The van der Waals surface area contributed by atoms with Gasteiger partial charge in [0.15, 0.2) is 0 Å². The first-order valence-electron chi connectivity index (χ1n) is 5.33. The van der Waals surface area contributed by atoms with Crippen LogP contribution in [0.1, 0.15) is 13.8 Å². The van der Waals surface area contributed by atoms with Gasteiger partial charge in [0.1, 0.15) is 0 Å². The van der Waals surface area contributed by atoms with Crippen LogP contribution in [-0.2, 0) is 19.2 Å². The number of imide groups is 2. The van der Waals surface area contributed by atoms with Crippen molar-refractivity contribution in [2.24, 2.45) is 5.16 Å². The molecule has 1 fully saturated rings. The van der Waals surface area contributed by atoms with Gasteiger partial charge in [-0.15, -0.1) is 0 Å². The summed E-state index contributed by atoms with van der Waals surface area (Å²) in [5, 5.41) is 3.30. The monoisotopic (exact) mass is 287 g/mol. The SMILES string of the molecule is CC(=O)N(C)C(=O)ON=C1SCCN(C(C)=O)C1=O. The number of nitrogens with zero attached hydrogens (tertiary/aromatic N) is 3. The number of hydrogen-bond donors (Lipinski definition) is 0. The van der Waals surface area contributed by atoms with E-state index < -0.39 is 23.8 Å². The molecule has 0 aromatic heterocycles. The summed E-state index contributed by atoms with van der Waals surface area (Å²) in [6.07, 6.45) is -0.992. The zero-order valence-electron chi connectivity index (χ0n) is 10.7. The van der Waals surface area contributed by atoms with Crippen LogP contribution in [-0.4, -0.2) is 58.0 Å². The van der Waals surface area contributed by atoms with Crippen LogP contribution in [0, 0.1) is 0 Å². The lowest BCUT2D eigenvalue weighted by Gasteiger charge is -2.23. The van der Waals surface area contributed by atoms with Crippen LogP contribution >= 0.6 is 11.8 Å². The van der Waals surface area contributed by atoms with Crippen molar-refractivity contribution in [2.45, 2.75) is 13.8 Å². The van der Waals surface area contributed by atoms with Gasteiger partial charge in [0.25, 0.3) is 5.91 Å². The standard InChI is InChI=1S/C10H13N3O5S/c1-6(14)12(3)10(17)18-11-8-9(16)13(7(2)15)4-5-19-8/h4-5H2,1-3H3. The smallest absolute Gasteiger partial charge is 0.296 e. The van der Waals surface area contributed by atoms with Crippen LogP contribution in [0.15, 0.2) is 5.16 Å². The Morgan fingerprint density at radius 2 is 2.00 bits per heavy atom. The second-order valence-electron chi connectivity index (χ2n) is 3.66. The lowest BCUT2D eigenvalue weighted by molar-refractivity contribution is -0.139. The predicted molar refractivity (Wildman–Crippen MR) is 67.2 cm³/mol. The molecular formula is C10H13N3O5S. The molecule has 0 unspecified atom stereocenters. The normalized spacial score (nSPS) is 17.3. The average Bonchev–Trinajstić information content (AvgIpc) is 2.35. The van der Waals surface area contributed by atoms with Gasteiger partial charge in [-0.25, -0.2) is 9.69 Å². The molecule has 8 nitrogen and oxygen atoms in total. The Kier molecular flexibility index (Phi) is 5.04. The van der Waals surface area contributed by atoms with E-state index in [-0.39, 0.29) is 5.04 Å². The van der Waals surface area contributed by atoms with Gasteiger partial charge in [0.05, 0.1) is 0 Å². The predicted octanol–water partition coefficient (Wildman–Crippen LogP) is 0.0367. The fourth-order valence-corrected chi connectivity index (χ4v) is 1.94. The molecule has 9 heteroatoms. The zero-order chi connectivity index (χ0) is 14.6. The molecule has 1 rings (SSSR count). The lowest BCUT2D eigenvalue weighted by atomic mass is 10.4. The number of carbonyl (C=O) groups excluding carboxylic acids is 4. The van der Waals surface area contributed by atoms with E-state index in [2.05, 4.69) is 9.99 Å². The van der Waals surface area contributed by atoms with Crippen molar-refractivity contribution >= 4 is 40.6 Å². The first kappa shape index (κ1) is 15.2. The maximum absolute atomic E-state index is 11.8. The van der Waals surface area contributed by atoms with Crippen molar-refractivity contribution in [3.05, 3.63) is 0 Å². The quantitative estimate of drug-likeness (QED) is 0.499. The summed E-state index contributed by atoms with van der Waals surface area (Å²) in [4.78, 5) is 51.4. The third-order valence-corrected chi connectivity index (χ3v) is 3.22. The van der Waals surface area contributed by atoms with E-state index in [1.807, 2.05) is 0 Å². The van der Waals surface area contributed by atoms with E-state index in [0.717, 1.165) is 16.7 Å². The average molecular weight is 287 g/mol. The number of carbonyl (C=O) groups is 4. The Labute approximate surface area is 113 Å². The largest absolute Gasteiger partial charge is 0.442 e. The molecule has 1 aliphatic heterocycles. The van der Waals surface area contributed by atoms with Gasteiger partial charge in [-0.1, -0.05) is 16.9 Å². The molecule has 0 aliphatic carbocycles. The molecule has 1 aliphatic rings. The van der Waals surface area contributed by atoms with Gasteiger partial charge >= 0.3 is 6.09 Å². The van der Waals surface area contributed by atoms with E-state index in [4.69, 9.17) is 0 Å². The molecule has 104 valence electrons. The molecule has 19 heavy (non-hydrogen) atoms. The van der Waals surface area contributed by atoms with Crippen LogP contribution < -0.4 is 0 Å². The van der Waals surface area contributed by atoms with Crippen LogP contribution in [0.2, 0.25) is 0 Å². The molecule has 0 radical (unpaired) electrons. The van der Waals surface area contributed by atoms with Crippen LogP contribution in [0.5, 0.6) is 0 Å². The summed E-state index contributed by atoms with van der Waals surface area (Å²) in [7, 11) is 1.22. The van der Waals surface area contributed by atoms with Gasteiger partial charge in [-0.05, 0) is 0 Å². The van der Waals surface area contributed by atoms with Gasteiger partial charge < -0.3 is 0 Å². The molecule has 0 bridgehead atoms. The molecule has 4 amide bonds. The van der Waals surface area contributed by atoms with Crippen LogP contribution in [0.25, 0.3) is 0 Å². The first-order valence-corrected chi connectivity index (χ1v) is 6.31. The Hall–Kier alpha value is -1.90. The topological polar surface area (TPSA) is 96.3 Å². The highest BCUT2D eigenvalue weighted by atomic mass is 32.2. The van der Waals surface area contributed by atoms with Gasteiger partial charge in [-0.2, -0.15) is 0 Å².